The molecule has 2 fully saturated rings. The van der Waals surface area contributed by atoms with Crippen molar-refractivity contribution in [1.29, 1.82) is 0 Å². The van der Waals surface area contributed by atoms with Crippen LogP contribution in [0.4, 0.5) is 5.13 Å². The summed E-state index contributed by atoms with van der Waals surface area (Å²) in [5.41, 5.74) is 1.55. The van der Waals surface area contributed by atoms with Crippen molar-refractivity contribution in [2.24, 2.45) is 0 Å². The van der Waals surface area contributed by atoms with E-state index in [1.54, 1.807) is 12.3 Å². The van der Waals surface area contributed by atoms with E-state index in [0.717, 1.165) is 31.5 Å². The van der Waals surface area contributed by atoms with Gasteiger partial charge in [0.15, 0.2) is 5.13 Å². The summed E-state index contributed by atoms with van der Waals surface area (Å²) >= 11 is 1.38. The second-order valence-corrected chi connectivity index (χ2v) is 9.32. The quantitative estimate of drug-likeness (QED) is 0.687. The molecule has 1 atom stereocenters. The highest BCUT2D eigenvalue weighted by Crippen LogP contribution is 2.23. The molecule has 0 bridgehead atoms. The Kier molecular flexibility index (Phi) is 7.39. The third-order valence-corrected chi connectivity index (χ3v) is 6.24. The molecule has 2 aliphatic rings. The maximum absolute atomic E-state index is 12.8. The lowest BCUT2D eigenvalue weighted by molar-refractivity contribution is -0.142. The molecular formula is C23H30N4O4S. The van der Waals surface area contributed by atoms with Crippen LogP contribution in [0.1, 0.15) is 42.6 Å². The molecule has 32 heavy (non-hydrogen) atoms. The normalized spacial score (nSPS) is 19.3. The molecule has 0 spiro atoms. The molecule has 3 heterocycles. The third-order valence-electron chi connectivity index (χ3n) is 5.55. The van der Waals surface area contributed by atoms with Crippen LogP contribution in [0.15, 0.2) is 29.8 Å². The fraction of sp³-hybridized carbons (Fsp3) is 0.522. The number of amides is 2. The Morgan fingerprint density at radius 2 is 2.06 bits per heavy atom. The van der Waals surface area contributed by atoms with E-state index in [4.69, 9.17) is 9.47 Å². The lowest BCUT2D eigenvalue weighted by Gasteiger charge is -2.35. The van der Waals surface area contributed by atoms with Crippen LogP contribution in [0.3, 0.4) is 0 Å². The Morgan fingerprint density at radius 1 is 1.25 bits per heavy atom. The first kappa shape index (κ1) is 22.7. The number of aromatic nitrogens is 1. The number of rotatable bonds is 7. The molecule has 172 valence electrons. The monoisotopic (exact) mass is 458 g/mol. The molecule has 2 saturated heterocycles. The van der Waals surface area contributed by atoms with Gasteiger partial charge in [0, 0.05) is 56.5 Å². The van der Waals surface area contributed by atoms with E-state index in [2.05, 4.69) is 15.2 Å². The second kappa shape index (κ2) is 10.4. The van der Waals surface area contributed by atoms with Gasteiger partial charge in [0.1, 0.15) is 11.9 Å². The zero-order valence-electron chi connectivity index (χ0n) is 18.6. The summed E-state index contributed by atoms with van der Waals surface area (Å²) in [6.45, 7) is 8.26. The molecule has 1 aromatic carbocycles. The fourth-order valence-corrected chi connectivity index (χ4v) is 4.56. The molecule has 9 heteroatoms. The highest BCUT2D eigenvalue weighted by Gasteiger charge is 2.30. The summed E-state index contributed by atoms with van der Waals surface area (Å²) in [6, 6.07) is 5.66. The molecule has 2 aromatic rings. The molecule has 0 aliphatic carbocycles. The largest absolute Gasteiger partial charge is 0.491 e. The van der Waals surface area contributed by atoms with Gasteiger partial charge in [0.25, 0.3) is 11.8 Å². The zero-order valence-corrected chi connectivity index (χ0v) is 19.4. The minimum absolute atomic E-state index is 0.00693. The molecule has 1 unspecified atom stereocenters. The number of nitrogens with zero attached hydrogens (tertiary/aromatic N) is 3. The Balaban J connectivity index is 1.41. The number of hydrogen-bond acceptors (Lipinski definition) is 7. The van der Waals surface area contributed by atoms with Gasteiger partial charge < -0.3 is 14.4 Å². The van der Waals surface area contributed by atoms with Gasteiger partial charge in [-0.2, -0.15) is 0 Å². The van der Waals surface area contributed by atoms with E-state index in [9.17, 15) is 9.59 Å². The van der Waals surface area contributed by atoms with Gasteiger partial charge in [0.05, 0.1) is 6.10 Å². The van der Waals surface area contributed by atoms with E-state index in [1.807, 2.05) is 36.3 Å². The van der Waals surface area contributed by atoms with Crippen molar-refractivity contribution in [3.63, 3.8) is 0 Å². The average Bonchev–Trinajstić information content (AvgIpc) is 3.47. The average molecular weight is 459 g/mol. The molecular weight excluding hydrogens is 428 g/mol. The minimum atomic E-state index is -0.259. The number of ether oxygens (including phenoxy) is 2. The highest BCUT2D eigenvalue weighted by molar-refractivity contribution is 7.13. The number of thiazole rings is 1. The van der Waals surface area contributed by atoms with Gasteiger partial charge in [-0.3, -0.25) is 19.8 Å². The van der Waals surface area contributed by atoms with Crippen molar-refractivity contribution in [1.82, 2.24) is 14.8 Å². The first-order valence-electron chi connectivity index (χ1n) is 11.1. The summed E-state index contributed by atoms with van der Waals surface area (Å²) < 4.78 is 11.4. The number of anilines is 1. The number of nitrogens with one attached hydrogen (secondary N) is 1. The molecule has 8 nitrogen and oxygen atoms in total. The SMILES string of the molecule is CC(C)Oc1cc(CN2CCN(C(=O)C3CCCO3)CC2)cc(C(=O)Nc2nccs2)c1. The van der Waals surface area contributed by atoms with Gasteiger partial charge in [-0.15, -0.1) is 11.3 Å². The highest BCUT2D eigenvalue weighted by atomic mass is 32.1. The van der Waals surface area contributed by atoms with Crippen LogP contribution in [-0.2, 0) is 16.1 Å². The summed E-state index contributed by atoms with van der Waals surface area (Å²) in [7, 11) is 0. The Bertz CT molecular complexity index is 920. The predicted molar refractivity (Wildman–Crippen MR) is 123 cm³/mol. The van der Waals surface area contributed by atoms with E-state index < -0.39 is 0 Å². The van der Waals surface area contributed by atoms with Gasteiger partial charge in [-0.05, 0) is 50.5 Å². The van der Waals surface area contributed by atoms with E-state index in [-0.39, 0.29) is 24.0 Å². The Labute approximate surface area is 192 Å². The van der Waals surface area contributed by atoms with Crippen LogP contribution >= 0.6 is 11.3 Å². The number of benzene rings is 1. The zero-order chi connectivity index (χ0) is 22.5. The van der Waals surface area contributed by atoms with Crippen LogP contribution in [-0.4, -0.2) is 71.6 Å². The summed E-state index contributed by atoms with van der Waals surface area (Å²) in [5.74, 6) is 0.590. The van der Waals surface area contributed by atoms with Crippen LogP contribution in [0.2, 0.25) is 0 Å². The predicted octanol–water partition coefficient (Wildman–Crippen LogP) is 3.01. The maximum atomic E-state index is 12.8. The topological polar surface area (TPSA) is 84.0 Å². The molecule has 1 aromatic heterocycles. The van der Waals surface area contributed by atoms with Gasteiger partial charge in [0.2, 0.25) is 0 Å². The summed E-state index contributed by atoms with van der Waals surface area (Å²) in [4.78, 5) is 33.7. The van der Waals surface area contributed by atoms with Crippen molar-refractivity contribution < 1.29 is 19.1 Å². The Hall–Kier alpha value is -2.49. The number of hydrogen-bond donors (Lipinski definition) is 1. The minimum Gasteiger partial charge on any atom is -0.491 e. The standard InChI is InChI=1S/C23H30N4O4S/c1-16(2)31-19-13-17(12-18(14-19)21(28)25-23-24-5-11-32-23)15-26-6-8-27(9-7-26)22(29)20-4-3-10-30-20/h5,11-14,16,20H,3-4,6-10,15H2,1-2H3,(H,24,25,28). The number of carbonyl (C=O) groups is 2. The first-order valence-corrected chi connectivity index (χ1v) is 12.0. The third kappa shape index (κ3) is 5.85. The van der Waals surface area contributed by atoms with Crippen molar-refractivity contribution in [3.05, 3.63) is 40.9 Å². The van der Waals surface area contributed by atoms with Gasteiger partial charge in [-0.1, -0.05) is 0 Å². The van der Waals surface area contributed by atoms with Crippen molar-refractivity contribution >= 4 is 28.3 Å². The molecule has 1 N–H and O–H groups in total. The first-order chi connectivity index (χ1) is 15.5. The van der Waals surface area contributed by atoms with Crippen LogP contribution in [0, 0.1) is 0 Å². The van der Waals surface area contributed by atoms with E-state index in [0.29, 0.717) is 42.7 Å². The summed E-state index contributed by atoms with van der Waals surface area (Å²) in [5, 5.41) is 5.23. The van der Waals surface area contributed by atoms with E-state index in [1.165, 1.54) is 11.3 Å². The molecule has 0 radical (unpaired) electrons. The van der Waals surface area contributed by atoms with Gasteiger partial charge in [-0.25, -0.2) is 4.98 Å². The second-order valence-electron chi connectivity index (χ2n) is 8.43. The number of piperazine rings is 1. The molecule has 0 saturated carbocycles. The van der Waals surface area contributed by atoms with Crippen molar-refractivity contribution in [3.8, 4) is 5.75 Å². The van der Waals surface area contributed by atoms with Crippen molar-refractivity contribution in [2.45, 2.75) is 45.4 Å². The lowest BCUT2D eigenvalue weighted by atomic mass is 10.1. The lowest BCUT2D eigenvalue weighted by Crippen LogP contribution is -2.51. The van der Waals surface area contributed by atoms with Crippen LogP contribution in [0.25, 0.3) is 0 Å². The molecule has 2 amide bonds. The molecule has 2 aliphatic heterocycles. The fourth-order valence-electron chi connectivity index (χ4n) is 4.04. The number of carbonyl (C=O) groups excluding carboxylic acids is 2. The van der Waals surface area contributed by atoms with Crippen LogP contribution in [0.5, 0.6) is 5.75 Å². The van der Waals surface area contributed by atoms with Crippen LogP contribution < -0.4 is 10.1 Å². The van der Waals surface area contributed by atoms with Crippen molar-refractivity contribution in [2.75, 3.05) is 38.1 Å². The smallest absolute Gasteiger partial charge is 0.257 e. The maximum Gasteiger partial charge on any atom is 0.257 e. The van der Waals surface area contributed by atoms with Gasteiger partial charge >= 0.3 is 0 Å². The summed E-state index contributed by atoms with van der Waals surface area (Å²) in [6.07, 6.45) is 3.20. The Morgan fingerprint density at radius 3 is 2.72 bits per heavy atom. The van der Waals surface area contributed by atoms with E-state index >= 15 is 0 Å². The molecule has 4 rings (SSSR count).